The molecule has 0 radical (unpaired) electrons. The van der Waals surface area contributed by atoms with Gasteiger partial charge in [-0.05, 0) is 19.8 Å². The van der Waals surface area contributed by atoms with E-state index in [2.05, 4.69) is 10.6 Å². The molecular formula is C12H25N3O. The molecule has 0 aliphatic heterocycles. The first kappa shape index (κ1) is 13.5. The highest BCUT2D eigenvalue weighted by Gasteiger charge is 2.11. The molecule has 0 spiro atoms. The Bertz CT molecular complexity index is 198. The Labute approximate surface area is 98.3 Å². The maximum Gasteiger partial charge on any atom is 0.236 e. The fourth-order valence-electron chi connectivity index (χ4n) is 2.11. The topological polar surface area (TPSA) is 67.2 Å². The summed E-state index contributed by atoms with van der Waals surface area (Å²) in [7, 11) is 0. The molecule has 1 aliphatic rings. The van der Waals surface area contributed by atoms with Crippen molar-refractivity contribution in [1.29, 1.82) is 0 Å². The van der Waals surface area contributed by atoms with Crippen LogP contribution in [-0.4, -0.2) is 31.1 Å². The van der Waals surface area contributed by atoms with Crippen LogP contribution in [0, 0.1) is 0 Å². The van der Waals surface area contributed by atoms with Crippen molar-refractivity contribution in [3.8, 4) is 0 Å². The second-order valence-electron chi connectivity index (χ2n) is 4.72. The molecule has 4 nitrogen and oxygen atoms in total. The van der Waals surface area contributed by atoms with Gasteiger partial charge in [0.2, 0.25) is 5.91 Å². The summed E-state index contributed by atoms with van der Waals surface area (Å²) >= 11 is 0. The van der Waals surface area contributed by atoms with Crippen LogP contribution in [0.1, 0.15) is 45.4 Å². The molecule has 0 aromatic carbocycles. The highest BCUT2D eigenvalue weighted by Crippen LogP contribution is 2.16. The van der Waals surface area contributed by atoms with Crippen LogP contribution in [0.4, 0.5) is 0 Å². The van der Waals surface area contributed by atoms with Gasteiger partial charge in [0, 0.05) is 19.1 Å². The highest BCUT2D eigenvalue weighted by atomic mass is 16.2. The second kappa shape index (κ2) is 7.63. The van der Waals surface area contributed by atoms with Crippen LogP contribution in [-0.2, 0) is 4.79 Å². The lowest BCUT2D eigenvalue weighted by atomic mass is 10.1. The highest BCUT2D eigenvalue weighted by molar-refractivity contribution is 5.80. The zero-order valence-electron chi connectivity index (χ0n) is 10.3. The Morgan fingerprint density at radius 2 is 1.88 bits per heavy atom. The molecule has 0 aromatic heterocycles. The number of rotatable bonds is 5. The van der Waals surface area contributed by atoms with Crippen molar-refractivity contribution in [3.05, 3.63) is 0 Å². The van der Waals surface area contributed by atoms with Gasteiger partial charge in [0.05, 0.1) is 6.04 Å². The lowest BCUT2D eigenvalue weighted by molar-refractivity contribution is -0.121. The third kappa shape index (κ3) is 5.47. The summed E-state index contributed by atoms with van der Waals surface area (Å²) < 4.78 is 0. The van der Waals surface area contributed by atoms with Crippen molar-refractivity contribution >= 4 is 5.91 Å². The lowest BCUT2D eigenvalue weighted by Gasteiger charge is -2.16. The van der Waals surface area contributed by atoms with E-state index in [1.54, 1.807) is 6.92 Å². The molecule has 0 unspecified atom stereocenters. The van der Waals surface area contributed by atoms with Crippen molar-refractivity contribution < 1.29 is 4.79 Å². The third-order valence-corrected chi connectivity index (χ3v) is 3.13. The van der Waals surface area contributed by atoms with Gasteiger partial charge in [-0.3, -0.25) is 4.79 Å². The number of hydrogen-bond donors (Lipinski definition) is 3. The van der Waals surface area contributed by atoms with Crippen LogP contribution in [0.3, 0.4) is 0 Å². The van der Waals surface area contributed by atoms with Gasteiger partial charge in [0.15, 0.2) is 0 Å². The van der Waals surface area contributed by atoms with Gasteiger partial charge in [0.25, 0.3) is 0 Å². The lowest BCUT2D eigenvalue weighted by Crippen LogP contribution is -2.42. The smallest absolute Gasteiger partial charge is 0.236 e. The molecule has 1 saturated carbocycles. The molecule has 4 N–H and O–H groups in total. The molecule has 0 aromatic rings. The van der Waals surface area contributed by atoms with Gasteiger partial charge in [-0.1, -0.05) is 25.7 Å². The van der Waals surface area contributed by atoms with Crippen molar-refractivity contribution in [2.24, 2.45) is 5.73 Å². The minimum Gasteiger partial charge on any atom is -0.353 e. The number of amides is 1. The Hall–Kier alpha value is -0.610. The zero-order valence-corrected chi connectivity index (χ0v) is 10.3. The summed E-state index contributed by atoms with van der Waals surface area (Å²) in [5.74, 6) is -0.0670. The van der Waals surface area contributed by atoms with E-state index in [1.807, 2.05) is 0 Å². The normalized spacial score (nSPS) is 20.1. The summed E-state index contributed by atoms with van der Waals surface area (Å²) in [6, 6.07) is 0.243. The number of hydrogen-bond acceptors (Lipinski definition) is 3. The third-order valence-electron chi connectivity index (χ3n) is 3.13. The molecule has 94 valence electrons. The molecule has 1 fully saturated rings. The van der Waals surface area contributed by atoms with E-state index < -0.39 is 6.04 Å². The van der Waals surface area contributed by atoms with Crippen LogP contribution < -0.4 is 16.4 Å². The predicted molar refractivity (Wildman–Crippen MR) is 66.2 cm³/mol. The monoisotopic (exact) mass is 227 g/mol. The molecule has 1 amide bonds. The van der Waals surface area contributed by atoms with Crippen molar-refractivity contribution in [3.63, 3.8) is 0 Å². The van der Waals surface area contributed by atoms with Crippen LogP contribution in [0.25, 0.3) is 0 Å². The zero-order chi connectivity index (χ0) is 11.8. The fourth-order valence-corrected chi connectivity index (χ4v) is 2.11. The number of carbonyl (C=O) groups excluding carboxylic acids is 1. The van der Waals surface area contributed by atoms with Gasteiger partial charge < -0.3 is 16.4 Å². The molecule has 4 heteroatoms. The number of nitrogens with two attached hydrogens (primary N) is 1. The Kier molecular flexibility index (Phi) is 6.42. The average Bonchev–Trinajstić information content (AvgIpc) is 2.52. The van der Waals surface area contributed by atoms with Crippen LogP contribution in [0.15, 0.2) is 0 Å². The molecule has 0 saturated heterocycles. The maximum atomic E-state index is 11.2. The SMILES string of the molecule is C[C@H](N)C(=O)NCCNC1CCCCCC1. The van der Waals surface area contributed by atoms with E-state index >= 15 is 0 Å². The van der Waals surface area contributed by atoms with Gasteiger partial charge >= 0.3 is 0 Å². The molecule has 1 atom stereocenters. The minimum absolute atomic E-state index is 0.0670. The Balaban J connectivity index is 2.03. The van der Waals surface area contributed by atoms with Gasteiger partial charge in [0.1, 0.15) is 0 Å². The fraction of sp³-hybridized carbons (Fsp3) is 0.917. The van der Waals surface area contributed by atoms with E-state index in [4.69, 9.17) is 5.73 Å². The Morgan fingerprint density at radius 1 is 1.25 bits per heavy atom. The average molecular weight is 227 g/mol. The van der Waals surface area contributed by atoms with Crippen LogP contribution >= 0.6 is 0 Å². The summed E-state index contributed by atoms with van der Waals surface area (Å²) in [6.07, 6.45) is 7.98. The molecule has 0 bridgehead atoms. The van der Waals surface area contributed by atoms with E-state index in [1.165, 1.54) is 38.5 Å². The van der Waals surface area contributed by atoms with Crippen molar-refractivity contribution in [2.45, 2.75) is 57.5 Å². The van der Waals surface area contributed by atoms with Gasteiger partial charge in [-0.2, -0.15) is 0 Å². The summed E-state index contributed by atoms with van der Waals surface area (Å²) in [4.78, 5) is 11.2. The first-order valence-corrected chi connectivity index (χ1v) is 6.47. The first-order chi connectivity index (χ1) is 7.70. The van der Waals surface area contributed by atoms with Gasteiger partial charge in [-0.15, -0.1) is 0 Å². The molecule has 0 heterocycles. The maximum absolute atomic E-state index is 11.2. The largest absolute Gasteiger partial charge is 0.353 e. The predicted octanol–water partition coefficient (Wildman–Crippen LogP) is 0.762. The Morgan fingerprint density at radius 3 is 2.44 bits per heavy atom. The quantitative estimate of drug-likeness (QED) is 0.480. The van der Waals surface area contributed by atoms with E-state index in [0.717, 1.165) is 6.54 Å². The van der Waals surface area contributed by atoms with E-state index in [0.29, 0.717) is 12.6 Å². The molecule has 1 aliphatic carbocycles. The van der Waals surface area contributed by atoms with Crippen molar-refractivity contribution in [2.75, 3.05) is 13.1 Å². The molecule has 1 rings (SSSR count). The number of carbonyl (C=O) groups is 1. The molecular weight excluding hydrogens is 202 g/mol. The summed E-state index contributed by atoms with van der Waals surface area (Å²) in [6.45, 7) is 3.23. The first-order valence-electron chi connectivity index (χ1n) is 6.47. The summed E-state index contributed by atoms with van der Waals surface area (Å²) in [5, 5.41) is 6.31. The minimum atomic E-state index is -0.405. The van der Waals surface area contributed by atoms with Crippen LogP contribution in [0.5, 0.6) is 0 Å². The van der Waals surface area contributed by atoms with Crippen LogP contribution in [0.2, 0.25) is 0 Å². The van der Waals surface area contributed by atoms with E-state index in [-0.39, 0.29) is 5.91 Å². The number of nitrogens with one attached hydrogen (secondary N) is 2. The standard InChI is InChI=1S/C12H25N3O/c1-10(13)12(16)15-9-8-14-11-6-4-2-3-5-7-11/h10-11,14H,2-9,13H2,1H3,(H,15,16)/t10-/m0/s1. The summed E-state index contributed by atoms with van der Waals surface area (Å²) in [5.41, 5.74) is 5.45. The van der Waals surface area contributed by atoms with Crippen molar-refractivity contribution in [1.82, 2.24) is 10.6 Å². The van der Waals surface area contributed by atoms with E-state index in [9.17, 15) is 4.79 Å². The van der Waals surface area contributed by atoms with Gasteiger partial charge in [-0.25, -0.2) is 0 Å². The second-order valence-corrected chi connectivity index (χ2v) is 4.72. The molecule has 16 heavy (non-hydrogen) atoms.